The average Bonchev–Trinajstić information content (AvgIpc) is 3.29. The molecule has 0 bridgehead atoms. The van der Waals surface area contributed by atoms with E-state index in [-0.39, 0.29) is 23.9 Å². The number of imidazole rings is 1. The van der Waals surface area contributed by atoms with Crippen molar-refractivity contribution in [3.05, 3.63) is 137 Å². The Morgan fingerprint density at radius 1 is 0.833 bits per heavy atom. The number of nitrogens with zero attached hydrogens (tertiary/aromatic N) is 3. The molecule has 2 heterocycles. The van der Waals surface area contributed by atoms with Gasteiger partial charge in [-0.05, 0) is 35.4 Å². The van der Waals surface area contributed by atoms with Crippen LogP contribution in [-0.2, 0) is 13.2 Å². The number of aromatic hydroxyl groups is 1. The van der Waals surface area contributed by atoms with Gasteiger partial charge in [-0.3, -0.25) is 9.55 Å². The molecule has 210 valence electrons. The number of halogens is 1. The maximum absolute atomic E-state index is 15.3. The number of rotatable bonds is 9. The van der Waals surface area contributed by atoms with Crippen LogP contribution in [-0.4, -0.2) is 26.3 Å². The lowest BCUT2D eigenvalue weighted by molar-refractivity contribution is 0.285. The monoisotopic (exact) mass is 563 g/mol. The fourth-order valence-electron chi connectivity index (χ4n) is 4.67. The normalized spacial score (nSPS) is 11.0. The summed E-state index contributed by atoms with van der Waals surface area (Å²) in [5.41, 5.74) is 2.14. The van der Waals surface area contributed by atoms with Gasteiger partial charge < -0.3 is 19.3 Å². The van der Waals surface area contributed by atoms with Crippen molar-refractivity contribution in [1.82, 2.24) is 14.1 Å². The van der Waals surface area contributed by atoms with Crippen LogP contribution < -0.4 is 19.9 Å². The van der Waals surface area contributed by atoms with Crippen LogP contribution in [0, 0.1) is 5.82 Å². The van der Waals surface area contributed by atoms with E-state index in [4.69, 9.17) is 14.2 Å². The maximum atomic E-state index is 15.3. The predicted octanol–water partition coefficient (Wildman–Crippen LogP) is 6.46. The molecule has 0 aliphatic carbocycles. The van der Waals surface area contributed by atoms with Crippen LogP contribution in [0.2, 0.25) is 0 Å². The van der Waals surface area contributed by atoms with E-state index in [2.05, 4.69) is 4.98 Å². The van der Waals surface area contributed by atoms with E-state index >= 15 is 4.39 Å². The minimum absolute atomic E-state index is 0.0640. The van der Waals surface area contributed by atoms with Gasteiger partial charge in [0, 0.05) is 23.7 Å². The molecule has 0 aliphatic heterocycles. The molecule has 0 aliphatic rings. The summed E-state index contributed by atoms with van der Waals surface area (Å²) in [6.45, 7) is 0.617. The van der Waals surface area contributed by atoms with Crippen LogP contribution in [0.5, 0.6) is 28.9 Å². The lowest BCUT2D eigenvalue weighted by Crippen LogP contribution is -2.23. The van der Waals surface area contributed by atoms with Gasteiger partial charge in [0.25, 0.3) is 0 Å². The second kappa shape index (κ2) is 11.5. The summed E-state index contributed by atoms with van der Waals surface area (Å²) >= 11 is 0. The first kappa shape index (κ1) is 26.6. The van der Waals surface area contributed by atoms with E-state index in [1.165, 1.54) is 30.0 Å². The van der Waals surface area contributed by atoms with Crippen molar-refractivity contribution in [2.75, 3.05) is 7.11 Å². The molecule has 2 aromatic heterocycles. The molecule has 0 atom stereocenters. The first-order chi connectivity index (χ1) is 20.5. The highest BCUT2D eigenvalue weighted by Crippen LogP contribution is 2.38. The highest BCUT2D eigenvalue weighted by atomic mass is 19.1. The second-order valence-corrected chi connectivity index (χ2v) is 9.54. The van der Waals surface area contributed by atoms with Crippen molar-refractivity contribution in [2.45, 2.75) is 13.2 Å². The molecule has 4 aromatic carbocycles. The molecule has 1 N–H and O–H groups in total. The van der Waals surface area contributed by atoms with Crippen LogP contribution in [0.25, 0.3) is 16.6 Å². The van der Waals surface area contributed by atoms with E-state index in [0.717, 1.165) is 21.8 Å². The molecular formula is C33H26FN3O5. The topological polar surface area (TPSA) is 87.7 Å². The summed E-state index contributed by atoms with van der Waals surface area (Å²) in [7, 11) is 1.54. The van der Waals surface area contributed by atoms with Crippen LogP contribution in [0.4, 0.5) is 4.39 Å². The number of ether oxygens (including phenoxy) is 3. The van der Waals surface area contributed by atoms with Gasteiger partial charge in [0.15, 0.2) is 23.1 Å². The number of methoxy groups -OCH3 is 1. The van der Waals surface area contributed by atoms with Crippen LogP contribution in [0.15, 0.2) is 114 Å². The smallest absolute Gasteiger partial charge is 0.336 e. The minimum atomic E-state index is -0.714. The highest BCUT2D eigenvalue weighted by Gasteiger charge is 2.17. The largest absolute Gasteiger partial charge is 0.493 e. The number of pyridine rings is 1. The number of aromatic nitrogens is 3. The van der Waals surface area contributed by atoms with Gasteiger partial charge in [0.05, 0.1) is 31.1 Å². The van der Waals surface area contributed by atoms with Gasteiger partial charge in [-0.25, -0.2) is 13.8 Å². The fraction of sp³-hybridized carbons (Fsp3) is 0.0909. The summed E-state index contributed by atoms with van der Waals surface area (Å²) in [6.07, 6.45) is 2.89. The first-order valence-electron chi connectivity index (χ1n) is 13.2. The number of hydrogen-bond acceptors (Lipinski definition) is 6. The lowest BCUT2D eigenvalue weighted by Gasteiger charge is -2.14. The quantitative estimate of drug-likeness (QED) is 0.217. The van der Waals surface area contributed by atoms with Crippen molar-refractivity contribution < 1.29 is 23.7 Å². The van der Waals surface area contributed by atoms with Crippen LogP contribution >= 0.6 is 0 Å². The van der Waals surface area contributed by atoms with E-state index in [0.29, 0.717) is 34.8 Å². The molecular weight excluding hydrogens is 537 g/mol. The molecule has 0 amide bonds. The van der Waals surface area contributed by atoms with Gasteiger partial charge in [-0.1, -0.05) is 60.7 Å². The van der Waals surface area contributed by atoms with E-state index in [9.17, 15) is 9.90 Å². The Labute approximate surface area is 240 Å². The molecule has 6 aromatic rings. The lowest BCUT2D eigenvalue weighted by atomic mass is 10.1. The van der Waals surface area contributed by atoms with Crippen molar-refractivity contribution >= 4 is 10.9 Å². The van der Waals surface area contributed by atoms with Gasteiger partial charge in [-0.15, -0.1) is 0 Å². The molecule has 0 spiro atoms. The van der Waals surface area contributed by atoms with E-state index < -0.39 is 11.5 Å². The zero-order chi connectivity index (χ0) is 29.1. The molecule has 42 heavy (non-hydrogen) atoms. The Morgan fingerprint density at radius 3 is 2.29 bits per heavy atom. The summed E-state index contributed by atoms with van der Waals surface area (Å²) in [5, 5.41) is 11.1. The highest BCUT2D eigenvalue weighted by molar-refractivity contribution is 5.88. The van der Waals surface area contributed by atoms with Crippen LogP contribution in [0.3, 0.4) is 0 Å². The van der Waals surface area contributed by atoms with Crippen LogP contribution in [0.1, 0.15) is 11.1 Å². The van der Waals surface area contributed by atoms with E-state index in [1.807, 2.05) is 60.7 Å². The Morgan fingerprint density at radius 2 is 1.57 bits per heavy atom. The fourth-order valence-corrected chi connectivity index (χ4v) is 4.67. The third-order valence-corrected chi connectivity index (χ3v) is 6.75. The molecule has 6 rings (SSSR count). The molecule has 0 unspecified atom stereocenters. The number of benzene rings is 4. The first-order valence-corrected chi connectivity index (χ1v) is 13.2. The SMILES string of the molecule is COc1cc2c(Oc3ccc(-n4c(O)cn(Cc5ccccc5)c4=O)cc3F)ccnc2cc1OCc1ccccc1. The number of fused-ring (bicyclic) bond motifs is 1. The van der Waals surface area contributed by atoms with Crippen molar-refractivity contribution in [2.24, 2.45) is 0 Å². The molecule has 9 heteroatoms. The predicted molar refractivity (Wildman–Crippen MR) is 156 cm³/mol. The Bertz CT molecular complexity index is 1920. The minimum Gasteiger partial charge on any atom is -0.493 e. The zero-order valence-electron chi connectivity index (χ0n) is 22.6. The average molecular weight is 564 g/mol. The molecule has 0 saturated carbocycles. The second-order valence-electron chi connectivity index (χ2n) is 9.54. The van der Waals surface area contributed by atoms with Gasteiger partial charge in [-0.2, -0.15) is 0 Å². The summed E-state index contributed by atoms with van der Waals surface area (Å²) < 4.78 is 35.2. The summed E-state index contributed by atoms with van der Waals surface area (Å²) in [6, 6.07) is 28.3. The van der Waals surface area contributed by atoms with Gasteiger partial charge in [0.2, 0.25) is 5.88 Å². The van der Waals surface area contributed by atoms with Gasteiger partial charge >= 0.3 is 5.69 Å². The number of hydrogen-bond donors (Lipinski definition) is 1. The van der Waals surface area contributed by atoms with E-state index in [1.54, 1.807) is 24.4 Å². The Kier molecular flexibility index (Phi) is 7.30. The van der Waals surface area contributed by atoms with Crippen molar-refractivity contribution in [3.8, 4) is 34.6 Å². The third kappa shape index (κ3) is 5.40. The third-order valence-electron chi connectivity index (χ3n) is 6.75. The van der Waals surface area contributed by atoms with Gasteiger partial charge in [0.1, 0.15) is 12.4 Å². The zero-order valence-corrected chi connectivity index (χ0v) is 22.6. The Balaban J connectivity index is 1.26. The van der Waals surface area contributed by atoms with Crippen molar-refractivity contribution in [1.29, 1.82) is 0 Å². The Hall–Kier alpha value is -5.57. The molecule has 0 radical (unpaired) electrons. The molecule has 8 nitrogen and oxygen atoms in total. The maximum Gasteiger partial charge on any atom is 0.336 e. The van der Waals surface area contributed by atoms with Crippen molar-refractivity contribution in [3.63, 3.8) is 0 Å². The molecule has 0 fully saturated rings. The molecule has 0 saturated heterocycles. The summed E-state index contributed by atoms with van der Waals surface area (Å²) in [4.78, 5) is 17.5. The standard InChI is InChI=1S/C33H26FN3O5/c1-40-30-17-25-27(18-31(30)41-21-23-10-6-3-7-11-23)35-15-14-28(25)42-29-13-12-24(16-26(29)34)37-32(38)20-36(33(37)39)19-22-8-4-2-5-9-22/h2-18,20,38H,19,21H2,1H3. The summed E-state index contributed by atoms with van der Waals surface area (Å²) in [5.74, 6) is 0.260.